The van der Waals surface area contributed by atoms with Crippen LogP contribution in [-0.2, 0) is 30.9 Å². The van der Waals surface area contributed by atoms with E-state index in [4.69, 9.17) is 37.4 Å². The number of nitrogens with one attached hydrogen (secondary N) is 2. The number of pyridine rings is 1. The van der Waals surface area contributed by atoms with Crippen molar-refractivity contribution in [3.8, 4) is 5.75 Å². The lowest BCUT2D eigenvalue weighted by Crippen LogP contribution is -2.50. The molecule has 0 saturated carbocycles. The standard InChI is InChI=1S/C35H44Cl2N6O8S/c1-22-13-14-23-10-8-12-27(30(23)40-22)49-20-24-25(36)15-16-28(29(24)37)52(47,48)43-18-9-11-26(43)31(44)38-17-19-42(41-33(46)51-35(5,6)7)21-39-32(45)50-34(2,3)4/h8,10,12-16,21,26H,9,11,17-20H2,1-7H3,(H,38,44)(H,41,46)/t26-/m0/s1. The first kappa shape index (κ1) is 40.6. The van der Waals surface area contributed by atoms with Crippen molar-refractivity contribution in [3.05, 3.63) is 63.8 Å². The van der Waals surface area contributed by atoms with Crippen LogP contribution >= 0.6 is 23.2 Å². The zero-order valence-corrected chi connectivity index (χ0v) is 32.5. The van der Waals surface area contributed by atoms with Crippen LogP contribution in [0.15, 0.2) is 52.4 Å². The Labute approximate surface area is 313 Å². The van der Waals surface area contributed by atoms with Crippen molar-refractivity contribution in [1.29, 1.82) is 0 Å². The van der Waals surface area contributed by atoms with Crippen molar-refractivity contribution >= 4 is 68.6 Å². The highest BCUT2D eigenvalue weighted by molar-refractivity contribution is 7.89. The molecule has 0 aliphatic carbocycles. The maximum atomic E-state index is 14.0. The molecule has 52 heavy (non-hydrogen) atoms. The Morgan fingerprint density at radius 3 is 2.44 bits per heavy atom. The van der Waals surface area contributed by atoms with Crippen LogP contribution in [0, 0.1) is 6.92 Å². The smallest absolute Gasteiger partial charge is 0.435 e. The Hall–Kier alpha value is -4.18. The summed E-state index contributed by atoms with van der Waals surface area (Å²) in [6, 6.07) is 11.0. The van der Waals surface area contributed by atoms with Crippen LogP contribution in [-0.4, -0.2) is 84.0 Å². The molecular weight excluding hydrogens is 735 g/mol. The molecule has 1 aliphatic heterocycles. The number of carbonyl (C=O) groups is 3. The highest BCUT2D eigenvalue weighted by atomic mass is 35.5. The van der Waals surface area contributed by atoms with Crippen molar-refractivity contribution in [2.24, 2.45) is 4.99 Å². The van der Waals surface area contributed by atoms with Gasteiger partial charge in [-0.2, -0.15) is 9.30 Å². The van der Waals surface area contributed by atoms with Crippen molar-refractivity contribution in [1.82, 2.24) is 25.0 Å². The molecule has 1 fully saturated rings. The van der Waals surface area contributed by atoms with E-state index in [0.29, 0.717) is 17.7 Å². The molecule has 0 spiro atoms. The van der Waals surface area contributed by atoms with E-state index in [9.17, 15) is 22.8 Å². The summed E-state index contributed by atoms with van der Waals surface area (Å²) in [6.07, 6.45) is 0.0187. The van der Waals surface area contributed by atoms with Gasteiger partial charge in [0.1, 0.15) is 46.4 Å². The number of hydrogen-bond donors (Lipinski definition) is 2. The quantitative estimate of drug-likeness (QED) is 0.126. The van der Waals surface area contributed by atoms with E-state index in [1.54, 1.807) is 47.6 Å². The van der Waals surface area contributed by atoms with Crippen LogP contribution in [0.2, 0.25) is 10.0 Å². The fourth-order valence-corrected chi connectivity index (χ4v) is 7.71. The molecule has 2 N–H and O–H groups in total. The van der Waals surface area contributed by atoms with Crippen LogP contribution < -0.4 is 15.5 Å². The summed E-state index contributed by atoms with van der Waals surface area (Å²) in [6.45, 7) is 11.8. The van der Waals surface area contributed by atoms with Gasteiger partial charge in [-0.05, 0) is 85.6 Å². The summed E-state index contributed by atoms with van der Waals surface area (Å²) in [5, 5.41) is 4.83. The number of sulfonamides is 1. The van der Waals surface area contributed by atoms with Crippen LogP contribution in [0.5, 0.6) is 5.75 Å². The zero-order valence-electron chi connectivity index (χ0n) is 30.2. The molecule has 0 unspecified atom stereocenters. The molecule has 4 rings (SSSR count). The largest absolute Gasteiger partial charge is 0.487 e. The van der Waals surface area contributed by atoms with Crippen molar-refractivity contribution in [2.45, 2.75) is 90.1 Å². The third-order valence-electron chi connectivity index (χ3n) is 7.42. The van der Waals surface area contributed by atoms with Crippen LogP contribution in [0.3, 0.4) is 0 Å². The Kier molecular flexibility index (Phi) is 13.0. The Bertz CT molecular complexity index is 1950. The minimum Gasteiger partial charge on any atom is -0.487 e. The van der Waals surface area contributed by atoms with E-state index < -0.39 is 45.4 Å². The molecule has 282 valence electrons. The van der Waals surface area contributed by atoms with E-state index in [-0.39, 0.29) is 53.2 Å². The molecule has 1 atom stereocenters. The van der Waals surface area contributed by atoms with E-state index in [1.165, 1.54) is 12.1 Å². The fourth-order valence-electron chi connectivity index (χ4n) is 5.19. The summed E-state index contributed by atoms with van der Waals surface area (Å²) in [5.74, 6) is -0.0800. The number of para-hydroxylation sites is 1. The molecule has 2 aromatic carbocycles. The van der Waals surface area contributed by atoms with Crippen molar-refractivity contribution in [3.63, 3.8) is 0 Å². The minimum atomic E-state index is -4.28. The third-order valence-corrected chi connectivity index (χ3v) is 10.3. The second kappa shape index (κ2) is 16.7. The van der Waals surface area contributed by atoms with E-state index in [1.807, 2.05) is 31.2 Å². The molecule has 3 amide bonds. The van der Waals surface area contributed by atoms with Crippen molar-refractivity contribution in [2.75, 3.05) is 19.6 Å². The number of aryl methyl sites for hydroxylation is 1. The van der Waals surface area contributed by atoms with Gasteiger partial charge in [0.2, 0.25) is 15.9 Å². The van der Waals surface area contributed by atoms with Gasteiger partial charge in [-0.1, -0.05) is 41.4 Å². The summed E-state index contributed by atoms with van der Waals surface area (Å²) >= 11 is 13.2. The topological polar surface area (TPSA) is 169 Å². The zero-order chi connectivity index (χ0) is 38.4. The number of hydrazine groups is 1. The molecule has 1 aliphatic rings. The molecule has 2 heterocycles. The van der Waals surface area contributed by atoms with Crippen LogP contribution in [0.1, 0.15) is 65.6 Å². The number of aliphatic imine (C=N–C) groups is 1. The normalized spacial score (nSPS) is 15.4. The summed E-state index contributed by atoms with van der Waals surface area (Å²) in [5.41, 5.74) is 2.57. The third kappa shape index (κ3) is 10.9. The molecular formula is C35H44Cl2N6O8S. The molecule has 1 aromatic heterocycles. The number of halogens is 2. The van der Waals surface area contributed by atoms with E-state index in [0.717, 1.165) is 26.7 Å². The first-order valence-electron chi connectivity index (χ1n) is 16.5. The lowest BCUT2D eigenvalue weighted by molar-refractivity contribution is -0.124. The molecule has 3 aromatic rings. The van der Waals surface area contributed by atoms with Crippen LogP contribution in [0.4, 0.5) is 9.59 Å². The first-order chi connectivity index (χ1) is 24.2. The van der Waals surface area contributed by atoms with Gasteiger partial charge in [-0.3, -0.25) is 9.80 Å². The molecule has 17 heteroatoms. The number of ether oxygens (including phenoxy) is 3. The summed E-state index contributed by atoms with van der Waals surface area (Å²) in [4.78, 5) is 46.1. The maximum Gasteiger partial charge on any atom is 0.435 e. The van der Waals surface area contributed by atoms with Crippen LogP contribution in [0.25, 0.3) is 10.9 Å². The molecule has 14 nitrogen and oxygen atoms in total. The van der Waals surface area contributed by atoms with Gasteiger partial charge in [-0.15, -0.1) is 0 Å². The fraction of sp³-hybridized carbons (Fsp3) is 0.457. The number of hydrogen-bond acceptors (Lipinski definition) is 9. The lowest BCUT2D eigenvalue weighted by Gasteiger charge is -2.26. The highest BCUT2D eigenvalue weighted by Gasteiger charge is 2.40. The van der Waals surface area contributed by atoms with E-state index in [2.05, 4.69) is 20.7 Å². The average molecular weight is 780 g/mol. The first-order valence-corrected chi connectivity index (χ1v) is 18.7. The SMILES string of the molecule is Cc1ccc2cccc(OCc3c(Cl)ccc(S(=O)(=O)N4CCC[C@H]4C(=O)NCCN(C=NC(=O)OC(C)(C)C)NC(=O)OC(C)(C)C)c3Cl)c2n1. The summed E-state index contributed by atoms with van der Waals surface area (Å²) in [7, 11) is -4.28. The number of amides is 3. The highest BCUT2D eigenvalue weighted by Crippen LogP contribution is 2.36. The second-order valence-electron chi connectivity index (χ2n) is 14.0. The number of fused-ring (bicyclic) bond motifs is 1. The molecule has 0 bridgehead atoms. The predicted octanol–water partition coefficient (Wildman–Crippen LogP) is 6.40. The second-order valence-corrected chi connectivity index (χ2v) is 16.6. The Morgan fingerprint density at radius 1 is 1.04 bits per heavy atom. The molecule has 0 radical (unpaired) electrons. The Morgan fingerprint density at radius 2 is 1.75 bits per heavy atom. The van der Waals surface area contributed by atoms with E-state index >= 15 is 0 Å². The Balaban J connectivity index is 1.46. The van der Waals surface area contributed by atoms with Crippen molar-refractivity contribution < 1.29 is 37.0 Å². The number of aromatic nitrogens is 1. The lowest BCUT2D eigenvalue weighted by atomic mass is 10.2. The number of carbonyl (C=O) groups excluding carboxylic acids is 3. The van der Waals surface area contributed by atoms with Gasteiger partial charge in [0.05, 0.1) is 11.6 Å². The van der Waals surface area contributed by atoms with Gasteiger partial charge in [-0.25, -0.2) is 28.4 Å². The summed E-state index contributed by atoms with van der Waals surface area (Å²) < 4.78 is 45.7. The number of nitrogens with zero attached hydrogens (tertiary/aromatic N) is 4. The average Bonchev–Trinajstić information content (AvgIpc) is 3.53. The number of benzene rings is 2. The molecule has 1 saturated heterocycles. The predicted molar refractivity (Wildman–Crippen MR) is 198 cm³/mol. The minimum absolute atomic E-state index is 0.0606. The monoisotopic (exact) mass is 778 g/mol. The van der Waals surface area contributed by atoms with Gasteiger partial charge in [0.25, 0.3) is 0 Å². The van der Waals surface area contributed by atoms with Gasteiger partial charge in [0.15, 0.2) is 0 Å². The van der Waals surface area contributed by atoms with Gasteiger partial charge < -0.3 is 19.5 Å². The maximum absolute atomic E-state index is 14.0. The number of rotatable bonds is 11. The van der Waals surface area contributed by atoms with Gasteiger partial charge in [0, 0.05) is 34.8 Å². The van der Waals surface area contributed by atoms with Gasteiger partial charge >= 0.3 is 12.2 Å².